The molecule has 0 radical (unpaired) electrons. The largest absolute Gasteiger partial charge is 0.257 e. The Labute approximate surface area is 77.1 Å². The second kappa shape index (κ2) is 3.71. The normalized spacial score (nSPS) is 11.5. The molecule has 0 bridgehead atoms. The first kappa shape index (κ1) is 9.94. The van der Waals surface area contributed by atoms with Gasteiger partial charge in [0, 0.05) is 13.6 Å². The van der Waals surface area contributed by atoms with Crippen molar-refractivity contribution in [2.24, 2.45) is 7.05 Å². The van der Waals surface area contributed by atoms with Crippen molar-refractivity contribution < 1.29 is 8.42 Å². The van der Waals surface area contributed by atoms with Crippen LogP contribution in [0.2, 0.25) is 0 Å². The molecular formula is C7H11N3O2S. The van der Waals surface area contributed by atoms with Crippen molar-refractivity contribution in [2.75, 3.05) is 6.54 Å². The van der Waals surface area contributed by atoms with Crippen molar-refractivity contribution in [3.05, 3.63) is 24.9 Å². The van der Waals surface area contributed by atoms with Crippen LogP contribution in [0.15, 0.2) is 29.9 Å². The number of hydrogen-bond acceptors (Lipinski definition) is 3. The van der Waals surface area contributed by atoms with E-state index in [4.69, 9.17) is 0 Å². The molecule has 0 spiro atoms. The first-order chi connectivity index (χ1) is 6.08. The standard InChI is InChI=1S/C7H11N3O2S/c1-3-5-9-13(11,12)7-4-6-8-10(7)2/h3-4,6,9H,1,5H2,2H3. The van der Waals surface area contributed by atoms with Gasteiger partial charge in [-0.2, -0.15) is 5.10 Å². The van der Waals surface area contributed by atoms with Gasteiger partial charge in [0.2, 0.25) is 0 Å². The minimum Gasteiger partial charge on any atom is -0.256 e. The van der Waals surface area contributed by atoms with Crippen molar-refractivity contribution >= 4 is 10.0 Å². The molecule has 0 aliphatic rings. The molecule has 0 saturated heterocycles. The predicted octanol–water partition coefficient (Wildman–Crippen LogP) is -0.116. The monoisotopic (exact) mass is 201 g/mol. The van der Waals surface area contributed by atoms with Crippen LogP contribution >= 0.6 is 0 Å². The summed E-state index contributed by atoms with van der Waals surface area (Å²) in [7, 11) is -1.86. The Balaban J connectivity index is 2.94. The first-order valence-corrected chi connectivity index (χ1v) is 5.15. The van der Waals surface area contributed by atoms with Crippen LogP contribution in [0.1, 0.15) is 0 Å². The molecule has 0 aliphatic carbocycles. The minimum absolute atomic E-state index is 0.148. The maximum absolute atomic E-state index is 11.5. The summed E-state index contributed by atoms with van der Waals surface area (Å²) >= 11 is 0. The molecule has 0 aliphatic heterocycles. The third kappa shape index (κ3) is 2.16. The Bertz CT molecular complexity index is 394. The smallest absolute Gasteiger partial charge is 0.256 e. The second-order valence-corrected chi connectivity index (χ2v) is 4.15. The molecule has 0 atom stereocenters. The zero-order valence-corrected chi connectivity index (χ0v) is 8.08. The third-order valence-corrected chi connectivity index (χ3v) is 2.97. The molecule has 0 amide bonds. The molecule has 1 aromatic rings. The molecule has 0 saturated carbocycles. The van der Waals surface area contributed by atoms with Gasteiger partial charge < -0.3 is 0 Å². The number of rotatable bonds is 4. The maximum Gasteiger partial charge on any atom is 0.257 e. The number of aromatic nitrogens is 2. The highest BCUT2D eigenvalue weighted by molar-refractivity contribution is 7.89. The van der Waals surface area contributed by atoms with Crippen LogP contribution in [-0.2, 0) is 17.1 Å². The Morgan fingerprint density at radius 2 is 2.46 bits per heavy atom. The fourth-order valence-corrected chi connectivity index (χ4v) is 1.99. The Morgan fingerprint density at radius 1 is 1.77 bits per heavy atom. The highest BCUT2D eigenvalue weighted by Gasteiger charge is 2.15. The minimum atomic E-state index is -3.43. The van der Waals surface area contributed by atoms with E-state index in [1.165, 1.54) is 23.0 Å². The lowest BCUT2D eigenvalue weighted by atomic mass is 10.7. The van der Waals surface area contributed by atoms with E-state index in [0.29, 0.717) is 0 Å². The van der Waals surface area contributed by atoms with Gasteiger partial charge in [-0.1, -0.05) is 6.08 Å². The molecule has 0 fully saturated rings. The fourth-order valence-electron chi connectivity index (χ4n) is 0.868. The van der Waals surface area contributed by atoms with Crippen LogP contribution in [0.3, 0.4) is 0 Å². The summed E-state index contributed by atoms with van der Waals surface area (Å²) in [4.78, 5) is 0. The van der Waals surface area contributed by atoms with Crippen LogP contribution in [0.25, 0.3) is 0 Å². The van der Waals surface area contributed by atoms with Gasteiger partial charge in [0.1, 0.15) is 0 Å². The van der Waals surface area contributed by atoms with Gasteiger partial charge in [-0.3, -0.25) is 4.68 Å². The van der Waals surface area contributed by atoms with Crippen LogP contribution in [0.5, 0.6) is 0 Å². The highest BCUT2D eigenvalue weighted by Crippen LogP contribution is 2.04. The fraction of sp³-hybridized carbons (Fsp3) is 0.286. The molecular weight excluding hydrogens is 190 g/mol. The Hall–Kier alpha value is -1.14. The average Bonchev–Trinajstić information content (AvgIpc) is 2.48. The molecule has 1 N–H and O–H groups in total. The van der Waals surface area contributed by atoms with E-state index >= 15 is 0 Å². The molecule has 1 rings (SSSR count). The van der Waals surface area contributed by atoms with Crippen LogP contribution in [-0.4, -0.2) is 24.7 Å². The number of hydrogen-bond donors (Lipinski definition) is 1. The Morgan fingerprint density at radius 3 is 2.92 bits per heavy atom. The molecule has 0 unspecified atom stereocenters. The Kier molecular flexibility index (Phi) is 2.84. The topological polar surface area (TPSA) is 64.0 Å². The van der Waals surface area contributed by atoms with Crippen molar-refractivity contribution in [1.82, 2.24) is 14.5 Å². The quantitative estimate of drug-likeness (QED) is 0.691. The van der Waals surface area contributed by atoms with Crippen molar-refractivity contribution in [3.8, 4) is 0 Å². The van der Waals surface area contributed by atoms with E-state index in [1.54, 1.807) is 7.05 Å². The molecule has 6 heteroatoms. The lowest BCUT2D eigenvalue weighted by Crippen LogP contribution is -2.25. The van der Waals surface area contributed by atoms with Gasteiger partial charge in [0.15, 0.2) is 5.03 Å². The summed E-state index contributed by atoms with van der Waals surface area (Å²) in [5, 5.41) is 3.91. The molecule has 72 valence electrons. The molecule has 0 aromatic carbocycles. The third-order valence-electron chi connectivity index (χ3n) is 1.47. The summed E-state index contributed by atoms with van der Waals surface area (Å²) < 4.78 is 26.5. The number of aryl methyl sites for hydroxylation is 1. The maximum atomic E-state index is 11.5. The predicted molar refractivity (Wildman–Crippen MR) is 48.6 cm³/mol. The van der Waals surface area contributed by atoms with Crippen molar-refractivity contribution in [1.29, 1.82) is 0 Å². The van der Waals surface area contributed by atoms with Crippen molar-refractivity contribution in [2.45, 2.75) is 5.03 Å². The summed E-state index contributed by atoms with van der Waals surface area (Å²) in [6, 6.07) is 1.44. The number of nitrogens with one attached hydrogen (secondary N) is 1. The first-order valence-electron chi connectivity index (χ1n) is 3.66. The number of nitrogens with zero attached hydrogens (tertiary/aromatic N) is 2. The van der Waals surface area contributed by atoms with Gasteiger partial charge in [-0.05, 0) is 6.07 Å². The number of sulfonamides is 1. The van der Waals surface area contributed by atoms with Gasteiger partial charge in [0.25, 0.3) is 10.0 Å². The summed E-state index contributed by atoms with van der Waals surface area (Å²) in [5.74, 6) is 0. The average molecular weight is 201 g/mol. The SMILES string of the molecule is C=CCNS(=O)(=O)c1ccnn1C. The van der Waals surface area contributed by atoms with E-state index in [1.807, 2.05) is 0 Å². The van der Waals surface area contributed by atoms with Crippen LogP contribution < -0.4 is 4.72 Å². The van der Waals surface area contributed by atoms with Crippen LogP contribution in [0.4, 0.5) is 0 Å². The van der Waals surface area contributed by atoms with Gasteiger partial charge in [-0.25, -0.2) is 13.1 Å². The summed E-state index contributed by atoms with van der Waals surface area (Å²) in [6.07, 6.45) is 2.91. The van der Waals surface area contributed by atoms with Crippen molar-refractivity contribution in [3.63, 3.8) is 0 Å². The molecule has 1 aromatic heterocycles. The van der Waals surface area contributed by atoms with Gasteiger partial charge >= 0.3 is 0 Å². The zero-order chi connectivity index (χ0) is 9.90. The molecule has 1 heterocycles. The lowest BCUT2D eigenvalue weighted by Gasteiger charge is -2.03. The molecule has 5 nitrogen and oxygen atoms in total. The van der Waals surface area contributed by atoms with Gasteiger partial charge in [-0.15, -0.1) is 6.58 Å². The molecule has 13 heavy (non-hydrogen) atoms. The zero-order valence-electron chi connectivity index (χ0n) is 7.27. The van der Waals surface area contributed by atoms with E-state index < -0.39 is 10.0 Å². The van der Waals surface area contributed by atoms with E-state index in [0.717, 1.165) is 0 Å². The lowest BCUT2D eigenvalue weighted by molar-refractivity contribution is 0.567. The van der Waals surface area contributed by atoms with E-state index in [9.17, 15) is 8.42 Å². The second-order valence-electron chi connectivity index (χ2n) is 2.43. The van der Waals surface area contributed by atoms with Gasteiger partial charge in [0.05, 0.1) is 6.20 Å². The van der Waals surface area contributed by atoms with Crippen LogP contribution in [0, 0.1) is 0 Å². The highest BCUT2D eigenvalue weighted by atomic mass is 32.2. The van der Waals surface area contributed by atoms with E-state index in [-0.39, 0.29) is 11.6 Å². The summed E-state index contributed by atoms with van der Waals surface area (Å²) in [6.45, 7) is 3.63. The van der Waals surface area contributed by atoms with E-state index in [2.05, 4.69) is 16.4 Å². The summed E-state index contributed by atoms with van der Waals surface area (Å²) in [5.41, 5.74) is 0.